The van der Waals surface area contributed by atoms with E-state index in [1.165, 1.54) is 25.2 Å². The first kappa shape index (κ1) is 32.9. The van der Waals surface area contributed by atoms with Crippen LogP contribution in [0.3, 0.4) is 0 Å². The summed E-state index contributed by atoms with van der Waals surface area (Å²) in [5, 5.41) is 3.02. The van der Waals surface area contributed by atoms with Gasteiger partial charge in [-0.1, -0.05) is 65.3 Å². The van der Waals surface area contributed by atoms with Gasteiger partial charge in [0.05, 0.1) is 26.2 Å². The number of amides is 2. The number of hydrogen-bond acceptors (Lipinski definition) is 6. The number of rotatable bonds is 14. The molecule has 9 nitrogen and oxygen atoms in total. The first-order valence-electron chi connectivity index (χ1n) is 13.5. The van der Waals surface area contributed by atoms with Gasteiger partial charge >= 0.3 is 0 Å². The third-order valence-electron chi connectivity index (χ3n) is 6.87. The molecule has 1 N–H and O–H groups in total. The zero-order valence-corrected chi connectivity index (χ0v) is 26.9. The molecule has 3 aromatic rings. The van der Waals surface area contributed by atoms with Crippen LogP contribution >= 0.6 is 15.9 Å². The van der Waals surface area contributed by atoms with E-state index in [-0.39, 0.29) is 36.4 Å². The fourth-order valence-corrected chi connectivity index (χ4v) is 5.48. The molecule has 0 spiro atoms. The third-order valence-corrected chi connectivity index (χ3v) is 8.53. The largest absolute Gasteiger partial charge is 0.497 e. The monoisotopic (exact) mass is 659 g/mol. The van der Waals surface area contributed by atoms with Crippen molar-refractivity contribution < 1.29 is 27.5 Å². The highest BCUT2D eigenvalue weighted by Crippen LogP contribution is 2.34. The number of benzene rings is 3. The maximum atomic E-state index is 14.2. The molecule has 3 rings (SSSR count). The molecule has 0 radical (unpaired) electrons. The van der Waals surface area contributed by atoms with Crippen molar-refractivity contribution in [3.63, 3.8) is 0 Å². The first-order chi connectivity index (χ1) is 20.0. The number of sulfonamides is 1. The number of ether oxygens (including phenoxy) is 2. The lowest BCUT2D eigenvalue weighted by molar-refractivity contribution is -0.140. The second-order valence-electron chi connectivity index (χ2n) is 9.98. The zero-order chi connectivity index (χ0) is 30.9. The van der Waals surface area contributed by atoms with Crippen LogP contribution in [-0.2, 0) is 32.6 Å². The fourth-order valence-electron chi connectivity index (χ4n) is 4.37. The predicted molar refractivity (Wildman–Crippen MR) is 168 cm³/mol. The summed E-state index contributed by atoms with van der Waals surface area (Å²) in [6.07, 6.45) is 1.99. The molecule has 3 aromatic carbocycles. The molecule has 0 saturated carbocycles. The first-order valence-corrected chi connectivity index (χ1v) is 16.2. The fraction of sp³-hybridized carbons (Fsp3) is 0.355. The van der Waals surface area contributed by atoms with E-state index < -0.39 is 28.5 Å². The summed E-state index contributed by atoms with van der Waals surface area (Å²) >= 11 is 3.44. The number of carbonyl (C=O) groups is 2. The molecule has 0 unspecified atom stereocenters. The second kappa shape index (κ2) is 15.1. The van der Waals surface area contributed by atoms with Crippen LogP contribution in [0, 0.1) is 0 Å². The highest BCUT2D eigenvalue weighted by Gasteiger charge is 2.34. The Bertz CT molecular complexity index is 1450. The predicted octanol–water partition coefficient (Wildman–Crippen LogP) is 4.79. The normalized spacial score (nSPS) is 12.6. The SMILES string of the molecule is CC[C@@H](C)NC(=O)[C@@H](Cc1ccccc1)N(Cc1ccc(Br)cc1)C(=O)CN(c1ccc(OC)cc1OC)S(C)(=O)=O. The average Bonchev–Trinajstić information content (AvgIpc) is 2.98. The Balaban J connectivity index is 2.09. The van der Waals surface area contributed by atoms with Crippen LogP contribution in [0.1, 0.15) is 31.4 Å². The molecular formula is C31H38BrN3O6S. The Morgan fingerprint density at radius 2 is 1.62 bits per heavy atom. The topological polar surface area (TPSA) is 105 Å². The molecule has 0 bridgehead atoms. The second-order valence-corrected chi connectivity index (χ2v) is 12.8. The van der Waals surface area contributed by atoms with Crippen molar-refractivity contribution in [3.05, 3.63) is 88.4 Å². The molecule has 11 heteroatoms. The van der Waals surface area contributed by atoms with Gasteiger partial charge in [0.15, 0.2) is 0 Å². The van der Waals surface area contributed by atoms with E-state index in [1.54, 1.807) is 12.1 Å². The van der Waals surface area contributed by atoms with E-state index in [9.17, 15) is 18.0 Å². The molecule has 226 valence electrons. The van der Waals surface area contributed by atoms with Gasteiger partial charge in [0.25, 0.3) is 0 Å². The van der Waals surface area contributed by atoms with Crippen molar-refractivity contribution in [2.45, 2.75) is 45.3 Å². The van der Waals surface area contributed by atoms with Gasteiger partial charge in [0.1, 0.15) is 24.1 Å². The average molecular weight is 661 g/mol. The summed E-state index contributed by atoms with van der Waals surface area (Å²) in [5.41, 5.74) is 1.84. The van der Waals surface area contributed by atoms with Gasteiger partial charge < -0.3 is 19.7 Å². The van der Waals surface area contributed by atoms with E-state index in [2.05, 4.69) is 21.2 Å². The lowest BCUT2D eigenvalue weighted by atomic mass is 10.0. The highest BCUT2D eigenvalue weighted by atomic mass is 79.9. The van der Waals surface area contributed by atoms with Gasteiger partial charge in [-0.25, -0.2) is 8.42 Å². The van der Waals surface area contributed by atoms with Crippen LogP contribution in [0.4, 0.5) is 5.69 Å². The van der Waals surface area contributed by atoms with Crippen LogP contribution in [0.5, 0.6) is 11.5 Å². The number of anilines is 1. The maximum Gasteiger partial charge on any atom is 0.244 e. The molecule has 0 saturated heterocycles. The molecule has 0 heterocycles. The van der Waals surface area contributed by atoms with E-state index >= 15 is 0 Å². The lowest BCUT2D eigenvalue weighted by Gasteiger charge is -2.34. The van der Waals surface area contributed by atoms with Crippen molar-refractivity contribution in [2.24, 2.45) is 0 Å². The molecule has 42 heavy (non-hydrogen) atoms. The van der Waals surface area contributed by atoms with E-state index in [0.29, 0.717) is 12.2 Å². The zero-order valence-electron chi connectivity index (χ0n) is 24.5. The summed E-state index contributed by atoms with van der Waals surface area (Å²) in [7, 11) is -1.04. The lowest BCUT2D eigenvalue weighted by Crippen LogP contribution is -2.54. The van der Waals surface area contributed by atoms with Crippen molar-refractivity contribution in [2.75, 3.05) is 31.3 Å². The summed E-state index contributed by atoms with van der Waals surface area (Å²) in [5.74, 6) is -0.160. The minimum Gasteiger partial charge on any atom is -0.497 e. The van der Waals surface area contributed by atoms with Crippen molar-refractivity contribution in [3.8, 4) is 11.5 Å². The molecular weight excluding hydrogens is 622 g/mol. The minimum atomic E-state index is -3.95. The smallest absolute Gasteiger partial charge is 0.244 e. The number of nitrogens with zero attached hydrogens (tertiary/aromatic N) is 2. The van der Waals surface area contributed by atoms with Gasteiger partial charge in [-0.05, 0) is 48.7 Å². The van der Waals surface area contributed by atoms with Crippen molar-refractivity contribution in [1.29, 1.82) is 0 Å². The number of carbonyl (C=O) groups excluding carboxylic acids is 2. The van der Waals surface area contributed by atoms with Crippen LogP contribution in [0.15, 0.2) is 77.3 Å². The Morgan fingerprint density at radius 1 is 0.952 bits per heavy atom. The number of nitrogens with one attached hydrogen (secondary N) is 1. The molecule has 0 aliphatic carbocycles. The highest BCUT2D eigenvalue weighted by molar-refractivity contribution is 9.10. The quantitative estimate of drug-likeness (QED) is 0.267. The van der Waals surface area contributed by atoms with Gasteiger partial charge in [-0.2, -0.15) is 0 Å². The van der Waals surface area contributed by atoms with Crippen molar-refractivity contribution in [1.82, 2.24) is 10.2 Å². The summed E-state index contributed by atoms with van der Waals surface area (Å²) in [4.78, 5) is 29.4. The van der Waals surface area contributed by atoms with Crippen molar-refractivity contribution >= 4 is 43.5 Å². The molecule has 0 aliphatic rings. The summed E-state index contributed by atoms with van der Waals surface area (Å²) in [6, 6.07) is 20.5. The number of hydrogen-bond donors (Lipinski definition) is 1. The molecule has 2 amide bonds. The van der Waals surface area contributed by atoms with Crippen LogP contribution < -0.4 is 19.1 Å². The third kappa shape index (κ3) is 8.96. The Hall–Kier alpha value is -3.57. The molecule has 0 aliphatic heterocycles. The van der Waals surface area contributed by atoms with Crippen LogP contribution in [-0.4, -0.2) is 64.2 Å². The maximum absolute atomic E-state index is 14.2. The van der Waals surface area contributed by atoms with E-state index in [0.717, 1.165) is 26.2 Å². The van der Waals surface area contributed by atoms with E-state index in [1.807, 2.05) is 68.4 Å². The molecule has 0 aromatic heterocycles. The number of halogens is 1. The van der Waals surface area contributed by atoms with Crippen LogP contribution in [0.25, 0.3) is 0 Å². The standard InChI is InChI=1S/C31H38BrN3O6S/c1-6-22(2)33-31(37)28(18-23-10-8-7-9-11-23)34(20-24-12-14-25(32)15-13-24)30(36)21-35(42(5,38)39)27-17-16-26(40-3)19-29(27)41-4/h7-17,19,22,28H,6,18,20-21H2,1-5H3,(H,33,37)/t22-,28-/m1/s1. The summed E-state index contributed by atoms with van der Waals surface area (Å²) < 4.78 is 38.7. The van der Waals surface area contributed by atoms with Gasteiger partial charge in [0.2, 0.25) is 21.8 Å². The molecule has 0 fully saturated rings. The van der Waals surface area contributed by atoms with Gasteiger partial charge in [-0.3, -0.25) is 13.9 Å². The van der Waals surface area contributed by atoms with Crippen LogP contribution in [0.2, 0.25) is 0 Å². The van der Waals surface area contributed by atoms with E-state index in [4.69, 9.17) is 9.47 Å². The minimum absolute atomic E-state index is 0.0922. The Morgan fingerprint density at radius 3 is 2.19 bits per heavy atom. The number of methoxy groups -OCH3 is 2. The summed E-state index contributed by atoms with van der Waals surface area (Å²) in [6.45, 7) is 3.42. The van der Waals surface area contributed by atoms with Gasteiger partial charge in [-0.15, -0.1) is 0 Å². The van der Waals surface area contributed by atoms with Gasteiger partial charge in [0, 0.05) is 29.5 Å². The molecule has 2 atom stereocenters. The Labute approximate surface area is 257 Å². The Kier molecular flexibility index (Phi) is 11.8.